The second-order valence-electron chi connectivity index (χ2n) is 5.42. The lowest BCUT2D eigenvalue weighted by molar-refractivity contribution is 0.0942. The van der Waals surface area contributed by atoms with Crippen molar-refractivity contribution in [2.24, 2.45) is 0 Å². The molecule has 0 aromatic carbocycles. The van der Waals surface area contributed by atoms with Gasteiger partial charge in [-0.1, -0.05) is 19.4 Å². The zero-order chi connectivity index (χ0) is 15.5. The minimum absolute atomic E-state index is 0.0476. The molecule has 3 nitrogen and oxygen atoms in total. The maximum absolute atomic E-state index is 12.6. The van der Waals surface area contributed by atoms with E-state index >= 15 is 0 Å². The molecule has 1 aliphatic carbocycles. The number of nitrogens with one attached hydrogen (secondary N) is 1. The number of thiophene rings is 1. The van der Waals surface area contributed by atoms with E-state index < -0.39 is 0 Å². The van der Waals surface area contributed by atoms with Crippen molar-refractivity contribution in [3.8, 4) is 9.88 Å². The first-order chi connectivity index (χ1) is 10.7. The zero-order valence-corrected chi connectivity index (χ0v) is 15.2. The topological polar surface area (TPSA) is 42.0 Å². The first-order valence-electron chi connectivity index (χ1n) is 7.62. The van der Waals surface area contributed by atoms with E-state index in [1.807, 2.05) is 30.1 Å². The molecular weight excluding hydrogens is 332 g/mol. The molecule has 1 fully saturated rings. The molecule has 0 saturated heterocycles. The fraction of sp³-hybridized carbons (Fsp3) is 0.500. The first-order valence-corrected chi connectivity index (χ1v) is 10.4. The van der Waals surface area contributed by atoms with Gasteiger partial charge in [0, 0.05) is 11.3 Å². The van der Waals surface area contributed by atoms with Crippen LogP contribution in [-0.2, 0) is 0 Å². The molecular formula is C16H20N2OS3. The van der Waals surface area contributed by atoms with Gasteiger partial charge in [-0.3, -0.25) is 4.79 Å². The molecule has 6 heteroatoms. The van der Waals surface area contributed by atoms with Gasteiger partial charge in [-0.05, 0) is 37.0 Å². The third kappa shape index (κ3) is 3.39. The Hall–Kier alpha value is -0.850. The molecule has 2 atom stereocenters. The summed E-state index contributed by atoms with van der Waals surface area (Å²) in [5.74, 6) is 1.16. The number of aromatic nitrogens is 1. The van der Waals surface area contributed by atoms with Gasteiger partial charge in [-0.25, -0.2) is 4.98 Å². The zero-order valence-electron chi connectivity index (χ0n) is 12.8. The summed E-state index contributed by atoms with van der Waals surface area (Å²) in [6, 6.07) is 4.38. The maximum atomic E-state index is 12.6. The average Bonchev–Trinajstić information content (AvgIpc) is 3.20. The highest BCUT2D eigenvalue weighted by Gasteiger charge is 2.29. The van der Waals surface area contributed by atoms with Crippen LogP contribution < -0.4 is 5.32 Å². The molecule has 2 aromatic heterocycles. The number of aryl methyl sites for hydroxylation is 1. The molecule has 0 bridgehead atoms. The smallest absolute Gasteiger partial charge is 0.263 e. The number of amides is 1. The Labute approximate surface area is 143 Å². The number of rotatable bonds is 5. The van der Waals surface area contributed by atoms with Crippen molar-refractivity contribution >= 4 is 40.3 Å². The molecule has 1 saturated carbocycles. The highest BCUT2D eigenvalue weighted by atomic mass is 32.2. The van der Waals surface area contributed by atoms with E-state index in [0.29, 0.717) is 11.3 Å². The number of carbonyl (C=O) groups is 1. The second-order valence-corrected chi connectivity index (χ2v) is 8.88. The van der Waals surface area contributed by atoms with E-state index in [2.05, 4.69) is 23.3 Å². The van der Waals surface area contributed by atoms with Gasteiger partial charge in [-0.15, -0.1) is 22.7 Å². The molecule has 118 valence electrons. The van der Waals surface area contributed by atoms with Crippen LogP contribution in [-0.4, -0.2) is 27.9 Å². The monoisotopic (exact) mass is 352 g/mol. The third-order valence-corrected chi connectivity index (χ3v) is 7.41. The normalized spacial score (nSPS) is 21.2. The quantitative estimate of drug-likeness (QED) is 0.856. The number of thiazole rings is 1. The maximum Gasteiger partial charge on any atom is 0.263 e. The molecule has 1 aliphatic rings. The standard InChI is InChI=1S/C16H20N2OS3/c1-3-20-12-7-4-6-11(12)18-15(19)14-10(2)17-16(22-14)13-8-5-9-21-13/h5,8-9,11-12H,3-4,6-7H2,1-2H3,(H,18,19)/t11-,12-/m1/s1. The summed E-state index contributed by atoms with van der Waals surface area (Å²) in [5, 5.41) is 6.80. The Morgan fingerprint density at radius 1 is 1.50 bits per heavy atom. The lowest BCUT2D eigenvalue weighted by Gasteiger charge is -2.19. The van der Waals surface area contributed by atoms with E-state index in [-0.39, 0.29) is 5.91 Å². The molecule has 0 radical (unpaired) electrons. The molecule has 2 heterocycles. The number of nitrogens with zero attached hydrogens (tertiary/aromatic N) is 1. The van der Waals surface area contributed by atoms with Crippen LogP contribution >= 0.6 is 34.4 Å². The van der Waals surface area contributed by atoms with Gasteiger partial charge < -0.3 is 5.32 Å². The molecule has 0 aliphatic heterocycles. The lowest BCUT2D eigenvalue weighted by atomic mass is 10.2. The van der Waals surface area contributed by atoms with Crippen molar-refractivity contribution in [3.63, 3.8) is 0 Å². The van der Waals surface area contributed by atoms with Crippen molar-refractivity contribution in [1.82, 2.24) is 10.3 Å². The Morgan fingerprint density at radius 3 is 3.09 bits per heavy atom. The van der Waals surface area contributed by atoms with Crippen molar-refractivity contribution in [2.75, 3.05) is 5.75 Å². The summed E-state index contributed by atoms with van der Waals surface area (Å²) in [6.07, 6.45) is 3.52. The van der Waals surface area contributed by atoms with Crippen LogP contribution in [0.5, 0.6) is 0 Å². The van der Waals surface area contributed by atoms with Gasteiger partial charge in [0.25, 0.3) is 5.91 Å². The number of thioether (sulfide) groups is 1. The average molecular weight is 353 g/mol. The van der Waals surface area contributed by atoms with Gasteiger partial charge in [0.2, 0.25) is 0 Å². The van der Waals surface area contributed by atoms with Crippen molar-refractivity contribution < 1.29 is 4.79 Å². The summed E-state index contributed by atoms with van der Waals surface area (Å²) >= 11 is 5.13. The summed E-state index contributed by atoms with van der Waals surface area (Å²) in [4.78, 5) is 19.1. The molecule has 0 unspecified atom stereocenters. The van der Waals surface area contributed by atoms with Gasteiger partial charge in [0.05, 0.1) is 10.6 Å². The van der Waals surface area contributed by atoms with Crippen LogP contribution in [0.2, 0.25) is 0 Å². The third-order valence-electron chi connectivity index (χ3n) is 3.88. The lowest BCUT2D eigenvalue weighted by Crippen LogP contribution is -2.38. The fourth-order valence-corrected chi connectivity index (χ4v) is 5.82. The van der Waals surface area contributed by atoms with E-state index in [4.69, 9.17) is 0 Å². The molecule has 1 N–H and O–H groups in total. The number of carbonyl (C=O) groups excluding carboxylic acids is 1. The molecule has 0 spiro atoms. The van der Waals surface area contributed by atoms with Crippen LogP contribution in [0, 0.1) is 6.92 Å². The molecule has 1 amide bonds. The Balaban J connectivity index is 1.72. The Kier molecular flexibility index (Phi) is 5.21. The van der Waals surface area contributed by atoms with Crippen molar-refractivity contribution in [1.29, 1.82) is 0 Å². The van der Waals surface area contributed by atoms with Crippen LogP contribution in [0.1, 0.15) is 41.6 Å². The van der Waals surface area contributed by atoms with Gasteiger partial charge in [0.15, 0.2) is 0 Å². The van der Waals surface area contributed by atoms with E-state index in [1.54, 1.807) is 11.3 Å². The minimum atomic E-state index is 0.0476. The predicted octanol–water partition coefficient (Wildman–Crippen LogP) is 4.58. The predicted molar refractivity (Wildman–Crippen MR) is 97.2 cm³/mol. The summed E-state index contributed by atoms with van der Waals surface area (Å²) < 4.78 is 0. The highest BCUT2D eigenvalue weighted by molar-refractivity contribution is 7.99. The highest BCUT2D eigenvalue weighted by Crippen LogP contribution is 2.33. The molecule has 2 aromatic rings. The largest absolute Gasteiger partial charge is 0.347 e. The van der Waals surface area contributed by atoms with Gasteiger partial charge in [0.1, 0.15) is 9.88 Å². The summed E-state index contributed by atoms with van der Waals surface area (Å²) in [5.41, 5.74) is 0.837. The molecule has 3 rings (SSSR count). The SMILES string of the molecule is CCS[C@@H]1CCC[C@H]1NC(=O)c1sc(-c2cccs2)nc1C. The minimum Gasteiger partial charge on any atom is -0.347 e. The van der Waals surface area contributed by atoms with Crippen molar-refractivity contribution in [3.05, 3.63) is 28.1 Å². The summed E-state index contributed by atoms with van der Waals surface area (Å²) in [6.45, 7) is 4.11. The van der Waals surface area contributed by atoms with E-state index in [0.717, 1.165) is 32.6 Å². The first kappa shape index (κ1) is 16.0. The van der Waals surface area contributed by atoms with Gasteiger partial charge >= 0.3 is 0 Å². The Bertz CT molecular complexity index is 636. The van der Waals surface area contributed by atoms with Crippen LogP contribution in [0.25, 0.3) is 9.88 Å². The molecule has 22 heavy (non-hydrogen) atoms. The Morgan fingerprint density at radius 2 is 2.36 bits per heavy atom. The van der Waals surface area contributed by atoms with Gasteiger partial charge in [-0.2, -0.15) is 11.8 Å². The summed E-state index contributed by atoms with van der Waals surface area (Å²) in [7, 11) is 0. The van der Waals surface area contributed by atoms with E-state index in [9.17, 15) is 4.79 Å². The number of hydrogen-bond acceptors (Lipinski definition) is 5. The van der Waals surface area contributed by atoms with Crippen molar-refractivity contribution in [2.45, 2.75) is 44.4 Å². The fourth-order valence-electron chi connectivity index (χ4n) is 2.85. The van der Waals surface area contributed by atoms with Crippen LogP contribution in [0.3, 0.4) is 0 Å². The number of hydrogen-bond donors (Lipinski definition) is 1. The van der Waals surface area contributed by atoms with Crippen LogP contribution in [0.4, 0.5) is 0 Å². The van der Waals surface area contributed by atoms with Crippen LogP contribution in [0.15, 0.2) is 17.5 Å². The second kappa shape index (κ2) is 7.15. The van der Waals surface area contributed by atoms with E-state index in [1.165, 1.54) is 24.2 Å².